The summed E-state index contributed by atoms with van der Waals surface area (Å²) in [6.45, 7) is -0.135. The zero-order valence-electron chi connectivity index (χ0n) is 14.3. The third-order valence-electron chi connectivity index (χ3n) is 4.35. The molecule has 11 heteroatoms. The Labute approximate surface area is 166 Å². The molecule has 0 bridgehead atoms. The number of anilines is 1. The topological polar surface area (TPSA) is 103 Å². The molecule has 4 rings (SSSR count). The van der Waals surface area contributed by atoms with E-state index in [0.29, 0.717) is 16.0 Å². The minimum atomic E-state index is -2.73. The Kier molecular flexibility index (Phi) is 4.76. The van der Waals surface area contributed by atoms with Gasteiger partial charge in [-0.1, -0.05) is 11.6 Å². The van der Waals surface area contributed by atoms with E-state index in [1.54, 1.807) is 0 Å². The van der Waals surface area contributed by atoms with Crippen LogP contribution in [0.4, 0.5) is 14.5 Å². The van der Waals surface area contributed by atoms with Gasteiger partial charge in [-0.2, -0.15) is 5.10 Å². The van der Waals surface area contributed by atoms with Crippen molar-refractivity contribution in [3.63, 3.8) is 0 Å². The summed E-state index contributed by atoms with van der Waals surface area (Å²) in [7, 11) is 0. The van der Waals surface area contributed by atoms with Crippen molar-refractivity contribution in [2.24, 2.45) is 5.73 Å². The van der Waals surface area contributed by atoms with Crippen LogP contribution in [0.1, 0.15) is 46.1 Å². The molecule has 3 N–H and O–H groups in total. The Morgan fingerprint density at radius 2 is 2.18 bits per heavy atom. The number of carbonyl (C=O) groups is 2. The number of amides is 2. The lowest BCUT2D eigenvalue weighted by molar-refractivity contribution is -0.116. The number of nitrogens with two attached hydrogens (primary N) is 1. The van der Waals surface area contributed by atoms with Gasteiger partial charge in [0.25, 0.3) is 12.3 Å². The fraction of sp³-hybridized carbons (Fsp3) is 0.294. The molecule has 0 saturated heterocycles. The second-order valence-corrected chi connectivity index (χ2v) is 7.90. The van der Waals surface area contributed by atoms with Crippen molar-refractivity contribution in [2.75, 3.05) is 5.32 Å². The number of primary amides is 1. The molecule has 0 atom stereocenters. The van der Waals surface area contributed by atoms with Gasteiger partial charge < -0.3 is 11.1 Å². The normalized spacial score (nSPS) is 14.0. The Bertz CT molecular complexity index is 1090. The van der Waals surface area contributed by atoms with E-state index in [1.165, 1.54) is 23.1 Å². The molecule has 0 radical (unpaired) electrons. The van der Waals surface area contributed by atoms with Gasteiger partial charge in [-0.05, 0) is 30.4 Å². The molecule has 3 aromatic heterocycles. The second-order valence-electron chi connectivity index (χ2n) is 6.47. The summed E-state index contributed by atoms with van der Waals surface area (Å²) in [6, 6.07) is 1.35. The standard InChI is InChI=1S/C17H14ClF2N5O2S/c18-8-4-22-25(5-8)6-11(26)24-13-12-9(7-1-2-7)3-10(15(19)20)23-17(12)28-14(13)16(21)27/h3-5,7,15H,1-2,6H2,(H2,21,27)(H,24,26). The number of thiophene rings is 1. The fourth-order valence-electron chi connectivity index (χ4n) is 3.02. The molecule has 0 unspecified atom stereocenters. The van der Waals surface area contributed by atoms with E-state index in [0.717, 1.165) is 24.2 Å². The van der Waals surface area contributed by atoms with Crippen LogP contribution in [-0.2, 0) is 11.3 Å². The minimum Gasteiger partial charge on any atom is -0.365 e. The SMILES string of the molecule is NC(=O)c1sc2nc(C(F)F)cc(C3CC3)c2c1NC(=O)Cn1cc(Cl)cn1. The number of nitrogens with one attached hydrogen (secondary N) is 1. The van der Waals surface area contributed by atoms with Gasteiger partial charge in [0.1, 0.15) is 21.9 Å². The lowest BCUT2D eigenvalue weighted by Crippen LogP contribution is -2.21. The first kappa shape index (κ1) is 18.8. The van der Waals surface area contributed by atoms with E-state index >= 15 is 0 Å². The highest BCUT2D eigenvalue weighted by atomic mass is 35.5. The third kappa shape index (κ3) is 3.57. The maximum atomic E-state index is 13.2. The van der Waals surface area contributed by atoms with Gasteiger partial charge >= 0.3 is 0 Å². The quantitative estimate of drug-likeness (QED) is 0.628. The molecule has 28 heavy (non-hydrogen) atoms. The predicted molar refractivity (Wildman–Crippen MR) is 101 cm³/mol. The van der Waals surface area contributed by atoms with Crippen LogP contribution < -0.4 is 11.1 Å². The lowest BCUT2D eigenvalue weighted by atomic mass is 10.0. The van der Waals surface area contributed by atoms with Gasteiger partial charge in [0.15, 0.2) is 0 Å². The van der Waals surface area contributed by atoms with E-state index in [-0.39, 0.29) is 33.6 Å². The number of rotatable bonds is 6. The summed E-state index contributed by atoms with van der Waals surface area (Å²) in [5.41, 5.74) is 5.98. The van der Waals surface area contributed by atoms with Gasteiger partial charge in [0, 0.05) is 11.6 Å². The molecular formula is C17H14ClF2N5O2S. The zero-order chi connectivity index (χ0) is 20.0. The summed E-state index contributed by atoms with van der Waals surface area (Å²) < 4.78 is 27.8. The first-order valence-electron chi connectivity index (χ1n) is 8.36. The van der Waals surface area contributed by atoms with Gasteiger partial charge in [0.05, 0.1) is 16.9 Å². The van der Waals surface area contributed by atoms with Crippen LogP contribution in [0.25, 0.3) is 10.2 Å². The molecule has 3 aromatic rings. The summed E-state index contributed by atoms with van der Waals surface area (Å²) in [5, 5.41) is 7.49. The van der Waals surface area contributed by atoms with Crippen LogP contribution in [0.2, 0.25) is 5.02 Å². The second kappa shape index (κ2) is 7.10. The fourth-order valence-corrected chi connectivity index (χ4v) is 4.20. The number of nitrogens with zero attached hydrogens (tertiary/aromatic N) is 3. The summed E-state index contributed by atoms with van der Waals surface area (Å²) in [6.07, 6.45) is 1.84. The van der Waals surface area contributed by atoms with Crippen molar-refractivity contribution in [3.05, 3.63) is 39.6 Å². The Balaban J connectivity index is 1.78. The van der Waals surface area contributed by atoms with Crippen molar-refractivity contribution in [3.8, 4) is 0 Å². The van der Waals surface area contributed by atoms with E-state index in [1.807, 2.05) is 0 Å². The highest BCUT2D eigenvalue weighted by Crippen LogP contribution is 2.48. The molecule has 0 spiro atoms. The highest BCUT2D eigenvalue weighted by molar-refractivity contribution is 7.21. The van der Waals surface area contributed by atoms with Crippen LogP contribution in [0, 0.1) is 0 Å². The minimum absolute atomic E-state index is 0.0719. The summed E-state index contributed by atoms with van der Waals surface area (Å²) >= 11 is 6.69. The molecule has 2 amide bonds. The van der Waals surface area contributed by atoms with E-state index in [2.05, 4.69) is 15.4 Å². The monoisotopic (exact) mass is 425 g/mol. The van der Waals surface area contributed by atoms with Crippen molar-refractivity contribution < 1.29 is 18.4 Å². The summed E-state index contributed by atoms with van der Waals surface area (Å²) in [5.74, 6) is -1.12. The average Bonchev–Trinajstić information content (AvgIpc) is 3.30. The number of hydrogen-bond donors (Lipinski definition) is 2. The van der Waals surface area contributed by atoms with Crippen molar-refractivity contribution in [1.82, 2.24) is 14.8 Å². The van der Waals surface area contributed by atoms with Crippen LogP contribution >= 0.6 is 22.9 Å². The van der Waals surface area contributed by atoms with Gasteiger partial charge in [0.2, 0.25) is 5.91 Å². The smallest absolute Gasteiger partial charge is 0.280 e. The molecule has 0 aromatic carbocycles. The van der Waals surface area contributed by atoms with Gasteiger partial charge in [-0.15, -0.1) is 11.3 Å². The number of pyridine rings is 1. The molecule has 1 aliphatic rings. The molecule has 1 saturated carbocycles. The lowest BCUT2D eigenvalue weighted by Gasteiger charge is -2.10. The molecule has 1 aliphatic carbocycles. The number of alkyl halides is 2. The maximum Gasteiger partial charge on any atom is 0.280 e. The van der Waals surface area contributed by atoms with E-state index in [4.69, 9.17) is 17.3 Å². The molecular weight excluding hydrogens is 412 g/mol. The molecule has 0 aliphatic heterocycles. The Morgan fingerprint density at radius 1 is 1.43 bits per heavy atom. The first-order valence-corrected chi connectivity index (χ1v) is 9.56. The van der Waals surface area contributed by atoms with Crippen molar-refractivity contribution in [1.29, 1.82) is 0 Å². The number of fused-ring (bicyclic) bond motifs is 1. The van der Waals surface area contributed by atoms with Crippen LogP contribution in [-0.4, -0.2) is 26.6 Å². The maximum absolute atomic E-state index is 13.2. The average molecular weight is 426 g/mol. The number of halogens is 3. The zero-order valence-corrected chi connectivity index (χ0v) is 15.9. The number of carbonyl (C=O) groups excluding carboxylic acids is 2. The third-order valence-corrected chi connectivity index (χ3v) is 5.64. The predicted octanol–water partition coefficient (Wildman–Crippen LogP) is 3.70. The Hall–Kier alpha value is -2.59. The molecule has 146 valence electrons. The van der Waals surface area contributed by atoms with Crippen molar-refractivity contribution >= 4 is 50.7 Å². The van der Waals surface area contributed by atoms with E-state index in [9.17, 15) is 18.4 Å². The molecule has 3 heterocycles. The molecule has 1 fully saturated rings. The van der Waals surface area contributed by atoms with Gasteiger partial charge in [-0.25, -0.2) is 13.8 Å². The Morgan fingerprint density at radius 3 is 2.75 bits per heavy atom. The highest BCUT2D eigenvalue weighted by Gasteiger charge is 2.31. The number of hydrogen-bond acceptors (Lipinski definition) is 5. The summed E-state index contributed by atoms with van der Waals surface area (Å²) in [4.78, 5) is 28.7. The first-order chi connectivity index (χ1) is 13.3. The van der Waals surface area contributed by atoms with Crippen LogP contribution in [0.5, 0.6) is 0 Å². The van der Waals surface area contributed by atoms with Crippen LogP contribution in [0.3, 0.4) is 0 Å². The van der Waals surface area contributed by atoms with Gasteiger partial charge in [-0.3, -0.25) is 14.3 Å². The van der Waals surface area contributed by atoms with E-state index < -0.39 is 18.2 Å². The largest absolute Gasteiger partial charge is 0.365 e. The van der Waals surface area contributed by atoms with Crippen LogP contribution in [0.15, 0.2) is 18.5 Å². The van der Waals surface area contributed by atoms with Crippen molar-refractivity contribution in [2.45, 2.75) is 31.7 Å². The number of aromatic nitrogens is 3. The molecule has 7 nitrogen and oxygen atoms in total.